The summed E-state index contributed by atoms with van der Waals surface area (Å²) in [5.41, 5.74) is 0. The third-order valence-corrected chi connectivity index (χ3v) is 2.76. The number of rotatable bonds is 9. The molecule has 6 heteroatoms. The van der Waals surface area contributed by atoms with Crippen molar-refractivity contribution in [3.8, 4) is 11.5 Å². The van der Waals surface area contributed by atoms with Crippen LogP contribution in [0.15, 0.2) is 24.3 Å². The minimum absolute atomic E-state index is 0.0880. The minimum atomic E-state index is -0.734. The van der Waals surface area contributed by atoms with Gasteiger partial charge in [-0.05, 0) is 25.0 Å². The maximum absolute atomic E-state index is 10.9. The van der Waals surface area contributed by atoms with Crippen LogP contribution in [0, 0.1) is 0 Å². The van der Waals surface area contributed by atoms with Crippen LogP contribution < -0.4 is 0 Å². The number of unbranched alkanes of at least 4 members (excludes halogenated alkanes) is 4. The molecule has 0 spiro atoms. The molecule has 1 rings (SSSR count). The first-order valence-corrected chi connectivity index (χ1v) is 8.04. The van der Waals surface area contributed by atoms with Gasteiger partial charge in [-0.25, -0.2) is 4.79 Å². The number of phenolic OH excluding ortho intramolecular Hbond substituents is 2. The van der Waals surface area contributed by atoms with Crippen LogP contribution in [0.3, 0.4) is 0 Å². The monoisotopic (exact) mass is 328 g/mol. The maximum Gasteiger partial charge on any atom is 0.540 e. The third kappa shape index (κ3) is 14.7. The molecule has 0 unspecified atom stereocenters. The lowest BCUT2D eigenvalue weighted by Crippen LogP contribution is -2.09. The van der Waals surface area contributed by atoms with E-state index in [1.54, 1.807) is 6.07 Å². The summed E-state index contributed by atoms with van der Waals surface area (Å²) >= 11 is 0. The first-order valence-electron chi connectivity index (χ1n) is 8.04. The Kier molecular flexibility index (Phi) is 13.7. The van der Waals surface area contributed by atoms with E-state index in [1.165, 1.54) is 18.2 Å². The third-order valence-electron chi connectivity index (χ3n) is 2.76. The highest BCUT2D eigenvalue weighted by Crippen LogP contribution is 2.14. The molecule has 0 amide bonds. The van der Waals surface area contributed by atoms with E-state index in [4.69, 9.17) is 14.9 Å². The van der Waals surface area contributed by atoms with Crippen LogP contribution in [0.2, 0.25) is 0 Å². The Morgan fingerprint density at radius 2 is 1.52 bits per heavy atom. The normalized spacial score (nSPS) is 9.65. The Labute approximate surface area is 137 Å². The van der Waals surface area contributed by atoms with Crippen molar-refractivity contribution in [2.75, 3.05) is 13.2 Å². The van der Waals surface area contributed by atoms with E-state index in [-0.39, 0.29) is 11.5 Å². The van der Waals surface area contributed by atoms with Crippen LogP contribution in [0.1, 0.15) is 52.4 Å². The summed E-state index contributed by atoms with van der Waals surface area (Å²) in [6.45, 7) is 5.04. The molecule has 0 saturated heterocycles. The molecule has 132 valence electrons. The fourth-order valence-corrected chi connectivity index (χ4v) is 1.53. The largest absolute Gasteiger partial charge is 0.540 e. The highest BCUT2D eigenvalue weighted by atomic mass is 17.2. The molecule has 0 heterocycles. The molecule has 0 aliphatic heterocycles. The van der Waals surface area contributed by atoms with Crippen LogP contribution in [-0.2, 0) is 14.5 Å². The summed E-state index contributed by atoms with van der Waals surface area (Å²) in [7, 11) is 0. The summed E-state index contributed by atoms with van der Waals surface area (Å²) in [4.78, 5) is 20.0. The predicted octanol–water partition coefficient (Wildman–Crippen LogP) is 4.55. The second kappa shape index (κ2) is 15.0. The van der Waals surface area contributed by atoms with Gasteiger partial charge in [0.1, 0.15) is 11.5 Å². The van der Waals surface area contributed by atoms with Crippen LogP contribution in [-0.4, -0.2) is 29.6 Å². The zero-order valence-electron chi connectivity index (χ0n) is 14.0. The molecular formula is C17H28O6. The first-order chi connectivity index (χ1) is 11.1. The zero-order chi connectivity index (χ0) is 17.3. The zero-order valence-corrected chi connectivity index (χ0v) is 14.0. The summed E-state index contributed by atoms with van der Waals surface area (Å²) < 4.78 is 4.76. The van der Waals surface area contributed by atoms with Crippen LogP contribution in [0.5, 0.6) is 11.5 Å². The highest BCUT2D eigenvalue weighted by molar-refractivity contribution is 5.58. The number of carbonyl (C=O) groups is 1. The molecule has 0 aliphatic rings. The lowest BCUT2D eigenvalue weighted by Gasteiger charge is -2.04. The molecule has 0 aromatic heterocycles. The summed E-state index contributed by atoms with van der Waals surface area (Å²) in [6.07, 6.45) is 5.40. The number of ether oxygens (including phenoxy) is 1. The van der Waals surface area contributed by atoms with Crippen molar-refractivity contribution in [3.63, 3.8) is 0 Å². The molecule has 6 nitrogen and oxygen atoms in total. The summed E-state index contributed by atoms with van der Waals surface area (Å²) in [5.74, 6) is 0.176. The quantitative estimate of drug-likeness (QED) is 0.299. The minimum Gasteiger partial charge on any atom is -0.508 e. The average molecular weight is 328 g/mol. The van der Waals surface area contributed by atoms with Crippen molar-refractivity contribution in [3.05, 3.63) is 24.3 Å². The summed E-state index contributed by atoms with van der Waals surface area (Å²) in [5, 5.41) is 17.3. The van der Waals surface area contributed by atoms with Gasteiger partial charge in [0.15, 0.2) is 0 Å². The van der Waals surface area contributed by atoms with Crippen molar-refractivity contribution in [2.45, 2.75) is 52.4 Å². The van der Waals surface area contributed by atoms with Crippen molar-refractivity contribution >= 4 is 6.16 Å². The number of aromatic hydroxyl groups is 2. The number of carbonyl (C=O) groups excluding carboxylic acids is 1. The Hall–Kier alpha value is -1.95. The van der Waals surface area contributed by atoms with Gasteiger partial charge in [-0.3, -0.25) is 4.89 Å². The van der Waals surface area contributed by atoms with Crippen molar-refractivity contribution < 1.29 is 29.5 Å². The lowest BCUT2D eigenvalue weighted by atomic mass is 10.3. The van der Waals surface area contributed by atoms with Gasteiger partial charge < -0.3 is 14.9 Å². The Balaban J connectivity index is 0.000000502. The Bertz CT molecular complexity index is 391. The smallest absolute Gasteiger partial charge is 0.508 e. The molecule has 0 saturated carbocycles. The predicted molar refractivity (Wildman–Crippen MR) is 87.2 cm³/mol. The summed E-state index contributed by atoms with van der Waals surface area (Å²) in [6, 6.07) is 5.85. The highest BCUT2D eigenvalue weighted by Gasteiger charge is 2.03. The van der Waals surface area contributed by atoms with Gasteiger partial charge in [-0.15, -0.1) is 0 Å². The van der Waals surface area contributed by atoms with Gasteiger partial charge in [0.05, 0.1) is 13.2 Å². The van der Waals surface area contributed by atoms with E-state index >= 15 is 0 Å². The molecular weight excluding hydrogens is 300 g/mol. The number of hydrogen-bond donors (Lipinski definition) is 2. The maximum atomic E-state index is 10.9. The SMILES string of the molecule is CCCCCOOC(=O)OCCCCC.Oc1cccc(O)c1. The molecule has 0 radical (unpaired) electrons. The van der Waals surface area contributed by atoms with Gasteiger partial charge in [-0.2, -0.15) is 4.89 Å². The van der Waals surface area contributed by atoms with Gasteiger partial charge in [0, 0.05) is 6.07 Å². The molecule has 23 heavy (non-hydrogen) atoms. The standard InChI is InChI=1S/C11H22O4.C6H6O2/c1-3-5-7-9-13-11(12)15-14-10-8-6-4-2;7-5-2-1-3-6(8)4-5/h3-10H2,1-2H3;1-4,7-8H. The van der Waals surface area contributed by atoms with Gasteiger partial charge in [0.2, 0.25) is 0 Å². The second-order valence-electron chi connectivity index (χ2n) is 4.94. The van der Waals surface area contributed by atoms with E-state index in [2.05, 4.69) is 23.6 Å². The Morgan fingerprint density at radius 3 is 2.00 bits per heavy atom. The molecule has 0 bridgehead atoms. The van der Waals surface area contributed by atoms with Crippen molar-refractivity contribution in [2.24, 2.45) is 0 Å². The number of benzene rings is 1. The topological polar surface area (TPSA) is 85.2 Å². The van der Waals surface area contributed by atoms with Crippen molar-refractivity contribution in [1.29, 1.82) is 0 Å². The van der Waals surface area contributed by atoms with Gasteiger partial charge in [-0.1, -0.05) is 45.6 Å². The Morgan fingerprint density at radius 1 is 0.957 bits per heavy atom. The fraction of sp³-hybridized carbons (Fsp3) is 0.588. The molecule has 2 N–H and O–H groups in total. The van der Waals surface area contributed by atoms with E-state index in [9.17, 15) is 4.79 Å². The van der Waals surface area contributed by atoms with Gasteiger partial charge in [0.25, 0.3) is 0 Å². The van der Waals surface area contributed by atoms with Gasteiger partial charge >= 0.3 is 6.16 Å². The molecule has 0 fully saturated rings. The molecule has 0 aliphatic carbocycles. The number of phenols is 2. The number of hydrogen-bond acceptors (Lipinski definition) is 6. The first kappa shape index (κ1) is 21.0. The van der Waals surface area contributed by atoms with Crippen molar-refractivity contribution in [1.82, 2.24) is 0 Å². The van der Waals surface area contributed by atoms with E-state index in [0.717, 1.165) is 38.5 Å². The van der Waals surface area contributed by atoms with Crippen LogP contribution in [0.4, 0.5) is 4.79 Å². The lowest BCUT2D eigenvalue weighted by molar-refractivity contribution is -0.255. The van der Waals surface area contributed by atoms with E-state index < -0.39 is 6.16 Å². The molecule has 0 atom stereocenters. The molecule has 1 aromatic carbocycles. The van der Waals surface area contributed by atoms with Crippen LogP contribution >= 0.6 is 0 Å². The van der Waals surface area contributed by atoms with E-state index in [0.29, 0.717) is 13.2 Å². The fourth-order valence-electron chi connectivity index (χ4n) is 1.53. The average Bonchev–Trinajstić information content (AvgIpc) is 2.52. The molecule has 1 aromatic rings. The van der Waals surface area contributed by atoms with E-state index in [1.807, 2.05) is 0 Å². The van der Waals surface area contributed by atoms with Crippen LogP contribution in [0.25, 0.3) is 0 Å². The second-order valence-corrected chi connectivity index (χ2v) is 4.94.